The van der Waals surface area contributed by atoms with Gasteiger partial charge in [0.1, 0.15) is 5.75 Å². The summed E-state index contributed by atoms with van der Waals surface area (Å²) in [6.07, 6.45) is 3.31. The van der Waals surface area contributed by atoms with E-state index in [0.29, 0.717) is 0 Å². The normalized spacial score (nSPS) is 12.8. The van der Waals surface area contributed by atoms with Crippen LogP contribution in [0, 0.1) is 12.3 Å². The van der Waals surface area contributed by atoms with Crippen molar-refractivity contribution in [2.24, 2.45) is 5.41 Å². The van der Waals surface area contributed by atoms with Gasteiger partial charge in [0.15, 0.2) is 0 Å². The zero-order valence-electron chi connectivity index (χ0n) is 24.1. The lowest BCUT2D eigenvalue weighted by atomic mass is 9.69. The molecule has 0 aliphatic carbocycles. The third-order valence-electron chi connectivity index (χ3n) is 8.18. The predicted octanol–water partition coefficient (Wildman–Crippen LogP) is 7.53. The van der Waals surface area contributed by atoms with Gasteiger partial charge in [0.2, 0.25) is 0 Å². The molecule has 4 nitrogen and oxygen atoms in total. The molecule has 3 aromatic carbocycles. The van der Waals surface area contributed by atoms with Gasteiger partial charge in [-0.15, -0.1) is 0 Å². The summed E-state index contributed by atoms with van der Waals surface area (Å²) in [6, 6.07) is 20.4. The third kappa shape index (κ3) is 6.47. The molecule has 1 unspecified atom stereocenters. The van der Waals surface area contributed by atoms with E-state index in [9.17, 15) is 15.0 Å². The van der Waals surface area contributed by atoms with Crippen molar-refractivity contribution in [3.63, 3.8) is 0 Å². The Morgan fingerprint density at radius 1 is 0.921 bits per heavy atom. The number of carbonyl (C=O) groups is 1. The average molecular weight is 517 g/mol. The number of rotatable bonds is 10. The van der Waals surface area contributed by atoms with Crippen molar-refractivity contribution < 1.29 is 19.7 Å². The van der Waals surface area contributed by atoms with E-state index in [1.165, 1.54) is 23.8 Å². The standard InChI is InChI=1S/C34H44O4/c1-8-34(9-2,27-16-14-25(23(3)20-27)15-19-31(36)33(4,5)6)28-17-18-29(30(35)22-28)26-12-10-24(11-13-26)21-32(37)38-7/h10-14,16-18,20,22,31,35-36H,8-9,15,19,21H2,1-7H3. The van der Waals surface area contributed by atoms with Crippen molar-refractivity contribution in [3.8, 4) is 16.9 Å². The maximum absolute atomic E-state index is 11.6. The van der Waals surface area contributed by atoms with E-state index in [0.717, 1.165) is 47.9 Å². The molecule has 0 fully saturated rings. The second kappa shape index (κ2) is 12.2. The summed E-state index contributed by atoms with van der Waals surface area (Å²) in [5.41, 5.74) is 7.07. The van der Waals surface area contributed by atoms with Gasteiger partial charge < -0.3 is 14.9 Å². The number of aliphatic hydroxyl groups is 1. The second-order valence-corrected chi connectivity index (χ2v) is 11.5. The molecule has 0 saturated carbocycles. The molecule has 0 saturated heterocycles. The Bertz CT molecular complexity index is 1230. The number of hydrogen-bond donors (Lipinski definition) is 2. The molecule has 38 heavy (non-hydrogen) atoms. The van der Waals surface area contributed by atoms with E-state index in [4.69, 9.17) is 4.74 Å². The second-order valence-electron chi connectivity index (χ2n) is 11.5. The highest BCUT2D eigenvalue weighted by atomic mass is 16.5. The summed E-state index contributed by atoms with van der Waals surface area (Å²) < 4.78 is 4.75. The fourth-order valence-electron chi connectivity index (χ4n) is 5.35. The molecule has 0 aliphatic rings. The zero-order valence-corrected chi connectivity index (χ0v) is 24.1. The van der Waals surface area contributed by atoms with Crippen molar-refractivity contribution in [3.05, 3.63) is 88.5 Å². The molecular formula is C34H44O4. The van der Waals surface area contributed by atoms with E-state index in [-0.39, 0.29) is 35.1 Å². The van der Waals surface area contributed by atoms with E-state index in [2.05, 4.69) is 65.8 Å². The van der Waals surface area contributed by atoms with Gasteiger partial charge in [0.25, 0.3) is 0 Å². The molecular weight excluding hydrogens is 472 g/mol. The van der Waals surface area contributed by atoms with Gasteiger partial charge in [-0.3, -0.25) is 4.79 Å². The fraction of sp³-hybridized carbons (Fsp3) is 0.441. The molecule has 0 radical (unpaired) electrons. The zero-order chi connectivity index (χ0) is 28.1. The predicted molar refractivity (Wildman–Crippen MR) is 156 cm³/mol. The third-order valence-corrected chi connectivity index (χ3v) is 8.18. The Hall–Kier alpha value is -3.11. The lowest BCUT2D eigenvalue weighted by Gasteiger charge is -2.34. The summed E-state index contributed by atoms with van der Waals surface area (Å²) in [7, 11) is 1.39. The Morgan fingerprint density at radius 3 is 2.05 bits per heavy atom. The Labute approximate surface area is 228 Å². The van der Waals surface area contributed by atoms with Gasteiger partial charge in [-0.2, -0.15) is 0 Å². The van der Waals surface area contributed by atoms with Crippen molar-refractivity contribution in [1.29, 1.82) is 0 Å². The monoisotopic (exact) mass is 516 g/mol. The molecule has 4 heteroatoms. The topological polar surface area (TPSA) is 66.8 Å². The molecule has 0 aliphatic heterocycles. The number of aryl methyl sites for hydroxylation is 2. The van der Waals surface area contributed by atoms with Gasteiger partial charge in [-0.05, 0) is 77.5 Å². The minimum Gasteiger partial charge on any atom is -0.507 e. The van der Waals surface area contributed by atoms with Gasteiger partial charge in [0, 0.05) is 11.0 Å². The minimum atomic E-state index is -0.336. The molecule has 3 aromatic rings. The highest BCUT2D eigenvalue weighted by Gasteiger charge is 2.32. The number of benzene rings is 3. The van der Waals surface area contributed by atoms with E-state index in [1.807, 2.05) is 36.4 Å². The lowest BCUT2D eigenvalue weighted by molar-refractivity contribution is -0.139. The van der Waals surface area contributed by atoms with Gasteiger partial charge in [-0.1, -0.05) is 89.2 Å². The summed E-state index contributed by atoms with van der Waals surface area (Å²) in [5.74, 6) is -0.0230. The van der Waals surface area contributed by atoms with Crippen molar-refractivity contribution >= 4 is 5.97 Å². The molecule has 0 spiro atoms. The van der Waals surface area contributed by atoms with Crippen LogP contribution in [0.3, 0.4) is 0 Å². The molecule has 2 N–H and O–H groups in total. The Morgan fingerprint density at radius 2 is 1.53 bits per heavy atom. The molecule has 0 heterocycles. The lowest BCUT2D eigenvalue weighted by Crippen LogP contribution is -2.27. The fourth-order valence-corrected chi connectivity index (χ4v) is 5.35. The molecule has 0 bridgehead atoms. The Balaban J connectivity index is 1.89. The first-order chi connectivity index (χ1) is 17.9. The summed E-state index contributed by atoms with van der Waals surface area (Å²) >= 11 is 0. The minimum absolute atomic E-state index is 0.118. The van der Waals surface area contributed by atoms with Crippen LogP contribution >= 0.6 is 0 Å². The SMILES string of the molecule is CCC(CC)(c1ccc(CCC(O)C(C)(C)C)c(C)c1)c1ccc(-c2ccc(CC(=O)OC)cc2)c(O)c1. The van der Waals surface area contributed by atoms with Crippen LogP contribution in [0.4, 0.5) is 0 Å². The van der Waals surface area contributed by atoms with Crippen molar-refractivity contribution in [1.82, 2.24) is 0 Å². The quantitative estimate of drug-likeness (QED) is 0.273. The van der Waals surface area contributed by atoms with Crippen LogP contribution in [0.25, 0.3) is 11.1 Å². The van der Waals surface area contributed by atoms with Gasteiger partial charge in [0.05, 0.1) is 19.6 Å². The molecule has 3 rings (SSSR count). The van der Waals surface area contributed by atoms with Crippen LogP contribution in [0.1, 0.15) is 81.7 Å². The number of phenolic OH excluding ortho intramolecular Hbond substituents is 1. The molecule has 0 amide bonds. The van der Waals surface area contributed by atoms with Crippen LogP contribution in [-0.4, -0.2) is 29.4 Å². The number of esters is 1. The molecule has 1 atom stereocenters. The number of ether oxygens (including phenoxy) is 1. The van der Waals surface area contributed by atoms with Crippen LogP contribution in [-0.2, 0) is 27.8 Å². The number of phenols is 1. The van der Waals surface area contributed by atoms with Gasteiger partial charge in [-0.25, -0.2) is 0 Å². The molecule has 204 valence electrons. The number of aliphatic hydroxyl groups excluding tert-OH is 1. The maximum Gasteiger partial charge on any atom is 0.309 e. The number of aromatic hydroxyl groups is 1. The van der Waals surface area contributed by atoms with Crippen molar-refractivity contribution in [2.75, 3.05) is 7.11 Å². The summed E-state index contributed by atoms with van der Waals surface area (Å²) in [6.45, 7) is 12.8. The number of methoxy groups -OCH3 is 1. The molecule has 0 aromatic heterocycles. The first kappa shape index (κ1) is 29.4. The summed E-state index contributed by atoms with van der Waals surface area (Å²) in [5, 5.41) is 21.6. The van der Waals surface area contributed by atoms with Crippen LogP contribution < -0.4 is 0 Å². The van der Waals surface area contributed by atoms with Crippen LogP contribution in [0.2, 0.25) is 0 Å². The first-order valence-corrected chi connectivity index (χ1v) is 13.7. The highest BCUT2D eigenvalue weighted by molar-refractivity contribution is 5.74. The van der Waals surface area contributed by atoms with Crippen LogP contribution in [0.15, 0.2) is 60.7 Å². The van der Waals surface area contributed by atoms with E-state index < -0.39 is 0 Å². The van der Waals surface area contributed by atoms with E-state index >= 15 is 0 Å². The highest BCUT2D eigenvalue weighted by Crippen LogP contribution is 2.42. The number of carbonyl (C=O) groups excluding carboxylic acids is 1. The largest absolute Gasteiger partial charge is 0.507 e. The first-order valence-electron chi connectivity index (χ1n) is 13.7. The smallest absolute Gasteiger partial charge is 0.309 e. The summed E-state index contributed by atoms with van der Waals surface area (Å²) in [4.78, 5) is 11.6. The Kier molecular flexibility index (Phi) is 9.43. The van der Waals surface area contributed by atoms with Gasteiger partial charge >= 0.3 is 5.97 Å². The number of hydrogen-bond acceptors (Lipinski definition) is 4. The van der Waals surface area contributed by atoms with Crippen LogP contribution in [0.5, 0.6) is 5.75 Å². The van der Waals surface area contributed by atoms with Crippen molar-refractivity contribution in [2.45, 2.75) is 85.2 Å². The average Bonchev–Trinajstić information content (AvgIpc) is 2.89. The van der Waals surface area contributed by atoms with E-state index in [1.54, 1.807) is 0 Å². The maximum atomic E-state index is 11.6.